The molecule has 0 aromatic carbocycles. The maximum Gasteiger partial charge on any atom is 0.214 e. The van der Waals surface area contributed by atoms with E-state index in [2.05, 4.69) is 12.2 Å². The van der Waals surface area contributed by atoms with E-state index in [1.54, 1.807) is 7.05 Å². The van der Waals surface area contributed by atoms with Gasteiger partial charge in [0.25, 0.3) is 0 Å². The van der Waals surface area contributed by atoms with E-state index < -0.39 is 10.0 Å². The standard InChI is InChI=1S/C14H28N2O3S/c1-14(6-4-3-5-7-14)11-20(18,19)16(2)10-12-8-13(17)9-15-12/h12-13,15,17H,3-11H2,1-2H3/t12-,13+/m0/s1. The van der Waals surface area contributed by atoms with Crippen molar-refractivity contribution in [2.24, 2.45) is 5.41 Å². The summed E-state index contributed by atoms with van der Waals surface area (Å²) in [6.45, 7) is 3.13. The predicted molar refractivity (Wildman–Crippen MR) is 80.0 cm³/mol. The van der Waals surface area contributed by atoms with Crippen molar-refractivity contribution in [2.75, 3.05) is 25.9 Å². The number of hydrogen-bond donors (Lipinski definition) is 2. The molecule has 5 nitrogen and oxygen atoms in total. The van der Waals surface area contributed by atoms with Gasteiger partial charge in [-0.3, -0.25) is 0 Å². The molecule has 0 bridgehead atoms. The highest BCUT2D eigenvalue weighted by molar-refractivity contribution is 7.89. The van der Waals surface area contributed by atoms with E-state index in [4.69, 9.17) is 0 Å². The van der Waals surface area contributed by atoms with Crippen LogP contribution in [0.4, 0.5) is 0 Å². The third-order valence-corrected chi connectivity index (χ3v) is 6.90. The van der Waals surface area contributed by atoms with Crippen LogP contribution < -0.4 is 5.32 Å². The summed E-state index contributed by atoms with van der Waals surface area (Å²) in [6.07, 6.45) is 5.85. The second-order valence-electron chi connectivity index (χ2n) is 6.90. The Morgan fingerprint density at radius 2 is 1.95 bits per heavy atom. The molecule has 2 rings (SSSR count). The van der Waals surface area contributed by atoms with Crippen molar-refractivity contribution in [1.29, 1.82) is 0 Å². The van der Waals surface area contributed by atoms with Crippen LogP contribution >= 0.6 is 0 Å². The monoisotopic (exact) mass is 304 g/mol. The van der Waals surface area contributed by atoms with Crippen LogP contribution in [0.1, 0.15) is 45.4 Å². The lowest BCUT2D eigenvalue weighted by Crippen LogP contribution is -2.43. The van der Waals surface area contributed by atoms with Gasteiger partial charge >= 0.3 is 0 Å². The van der Waals surface area contributed by atoms with Crippen LogP contribution in [0.25, 0.3) is 0 Å². The third kappa shape index (κ3) is 4.16. The largest absolute Gasteiger partial charge is 0.392 e. The number of nitrogens with zero attached hydrogens (tertiary/aromatic N) is 1. The van der Waals surface area contributed by atoms with Gasteiger partial charge in [-0.05, 0) is 24.7 Å². The number of sulfonamides is 1. The van der Waals surface area contributed by atoms with Crippen molar-refractivity contribution >= 4 is 10.0 Å². The molecule has 2 atom stereocenters. The molecule has 0 aromatic heterocycles. The number of aliphatic hydroxyl groups is 1. The zero-order valence-corrected chi connectivity index (χ0v) is 13.5. The second-order valence-corrected chi connectivity index (χ2v) is 8.98. The quantitative estimate of drug-likeness (QED) is 0.793. The molecule has 0 amide bonds. The van der Waals surface area contributed by atoms with Crippen molar-refractivity contribution in [3.8, 4) is 0 Å². The second kappa shape index (κ2) is 6.30. The van der Waals surface area contributed by atoms with Crippen molar-refractivity contribution in [2.45, 2.75) is 57.6 Å². The molecule has 1 saturated carbocycles. The molecule has 0 spiro atoms. The SMILES string of the molecule is CN(C[C@@H]1C[C@@H](O)CN1)S(=O)(=O)CC1(C)CCCCC1. The first-order valence-electron chi connectivity index (χ1n) is 7.66. The summed E-state index contributed by atoms with van der Waals surface area (Å²) < 4.78 is 26.5. The molecule has 1 aliphatic carbocycles. The van der Waals surface area contributed by atoms with Gasteiger partial charge in [0.1, 0.15) is 0 Å². The molecule has 20 heavy (non-hydrogen) atoms. The maximum absolute atomic E-state index is 12.5. The molecule has 1 aliphatic heterocycles. The fraction of sp³-hybridized carbons (Fsp3) is 1.00. The van der Waals surface area contributed by atoms with Crippen LogP contribution in [-0.4, -0.2) is 55.9 Å². The summed E-state index contributed by atoms with van der Waals surface area (Å²) in [5, 5.41) is 12.7. The van der Waals surface area contributed by atoms with Gasteiger partial charge in [0, 0.05) is 26.2 Å². The van der Waals surface area contributed by atoms with Gasteiger partial charge in [-0.25, -0.2) is 12.7 Å². The highest BCUT2D eigenvalue weighted by Gasteiger charge is 2.35. The molecule has 2 N–H and O–H groups in total. The average Bonchev–Trinajstić information content (AvgIpc) is 2.74. The van der Waals surface area contributed by atoms with E-state index in [1.165, 1.54) is 10.7 Å². The number of likely N-dealkylation sites (N-methyl/N-ethyl adjacent to an activating group) is 1. The Labute approximate surface area is 122 Å². The van der Waals surface area contributed by atoms with Gasteiger partial charge in [-0.15, -0.1) is 0 Å². The Morgan fingerprint density at radius 3 is 2.50 bits per heavy atom. The summed E-state index contributed by atoms with van der Waals surface area (Å²) in [7, 11) is -1.55. The molecule has 0 radical (unpaired) electrons. The normalized spacial score (nSPS) is 30.8. The number of aliphatic hydroxyl groups excluding tert-OH is 1. The molecule has 0 unspecified atom stereocenters. The number of nitrogens with one attached hydrogen (secondary N) is 1. The van der Waals surface area contributed by atoms with Crippen LogP contribution in [0.5, 0.6) is 0 Å². The first-order chi connectivity index (χ1) is 9.31. The van der Waals surface area contributed by atoms with Gasteiger partial charge in [0.15, 0.2) is 0 Å². The molecule has 2 fully saturated rings. The highest BCUT2D eigenvalue weighted by Crippen LogP contribution is 2.37. The van der Waals surface area contributed by atoms with Crippen LogP contribution in [-0.2, 0) is 10.0 Å². The Balaban J connectivity index is 1.91. The van der Waals surface area contributed by atoms with Gasteiger partial charge in [0.2, 0.25) is 10.0 Å². The van der Waals surface area contributed by atoms with E-state index in [9.17, 15) is 13.5 Å². The predicted octanol–water partition coefficient (Wildman–Crippen LogP) is 0.941. The summed E-state index contributed by atoms with van der Waals surface area (Å²) in [5.74, 6) is 0.256. The Hall–Kier alpha value is -0.170. The topological polar surface area (TPSA) is 69.6 Å². The Morgan fingerprint density at radius 1 is 1.30 bits per heavy atom. The van der Waals surface area contributed by atoms with Crippen LogP contribution in [0.3, 0.4) is 0 Å². The molecular weight excluding hydrogens is 276 g/mol. The van der Waals surface area contributed by atoms with E-state index in [0.717, 1.165) is 25.7 Å². The summed E-state index contributed by atoms with van der Waals surface area (Å²) in [4.78, 5) is 0. The van der Waals surface area contributed by atoms with Gasteiger partial charge in [-0.2, -0.15) is 0 Å². The minimum Gasteiger partial charge on any atom is -0.392 e. The molecule has 1 heterocycles. The minimum absolute atomic E-state index is 0.0615. The van der Waals surface area contributed by atoms with Crippen molar-refractivity contribution in [3.05, 3.63) is 0 Å². The molecule has 1 saturated heterocycles. The zero-order valence-electron chi connectivity index (χ0n) is 12.6. The van der Waals surface area contributed by atoms with E-state index in [1.807, 2.05) is 0 Å². The van der Waals surface area contributed by atoms with Crippen molar-refractivity contribution in [1.82, 2.24) is 9.62 Å². The van der Waals surface area contributed by atoms with E-state index in [0.29, 0.717) is 19.5 Å². The summed E-state index contributed by atoms with van der Waals surface area (Å²) in [5.41, 5.74) is -0.0615. The van der Waals surface area contributed by atoms with Crippen LogP contribution in [0.15, 0.2) is 0 Å². The van der Waals surface area contributed by atoms with Gasteiger partial charge in [0.05, 0.1) is 11.9 Å². The Kier molecular flexibility index (Phi) is 5.10. The molecular formula is C14H28N2O3S. The van der Waals surface area contributed by atoms with Gasteiger partial charge in [-0.1, -0.05) is 26.2 Å². The lowest BCUT2D eigenvalue weighted by atomic mass is 9.77. The molecule has 2 aliphatic rings. The van der Waals surface area contributed by atoms with E-state index in [-0.39, 0.29) is 23.3 Å². The van der Waals surface area contributed by atoms with Crippen LogP contribution in [0.2, 0.25) is 0 Å². The van der Waals surface area contributed by atoms with Crippen LogP contribution in [0, 0.1) is 5.41 Å². The minimum atomic E-state index is -3.21. The molecule has 0 aromatic rings. The zero-order chi connectivity index (χ0) is 14.8. The Bertz CT molecular complexity index is 418. The third-order valence-electron chi connectivity index (χ3n) is 4.74. The van der Waals surface area contributed by atoms with Crippen molar-refractivity contribution < 1.29 is 13.5 Å². The van der Waals surface area contributed by atoms with Crippen molar-refractivity contribution in [3.63, 3.8) is 0 Å². The smallest absolute Gasteiger partial charge is 0.214 e. The van der Waals surface area contributed by atoms with Gasteiger partial charge < -0.3 is 10.4 Å². The van der Waals surface area contributed by atoms with E-state index >= 15 is 0 Å². The molecule has 6 heteroatoms. The lowest BCUT2D eigenvalue weighted by Gasteiger charge is -2.34. The highest BCUT2D eigenvalue weighted by atomic mass is 32.2. The summed E-state index contributed by atoms with van der Waals surface area (Å²) in [6, 6.07) is 0.0731. The lowest BCUT2D eigenvalue weighted by molar-refractivity contribution is 0.192. The fourth-order valence-corrected chi connectivity index (χ4v) is 5.26. The first-order valence-corrected chi connectivity index (χ1v) is 9.27. The molecule has 118 valence electrons. The average molecular weight is 304 g/mol. The summed E-state index contributed by atoms with van der Waals surface area (Å²) >= 11 is 0. The maximum atomic E-state index is 12.5. The fourth-order valence-electron chi connectivity index (χ4n) is 3.46. The number of rotatable bonds is 5. The number of β-amino-alcohol motifs (C(OH)–C–C–N with tert-alkyl or cyclic N) is 1. The first kappa shape index (κ1) is 16.2. The number of hydrogen-bond acceptors (Lipinski definition) is 4.